The van der Waals surface area contributed by atoms with E-state index in [-0.39, 0.29) is 12.1 Å². The third-order valence-electron chi connectivity index (χ3n) is 5.52. The lowest BCUT2D eigenvalue weighted by Crippen LogP contribution is -2.32. The molecule has 2 atom stereocenters. The van der Waals surface area contributed by atoms with Gasteiger partial charge in [-0.15, -0.1) is 0 Å². The van der Waals surface area contributed by atoms with Gasteiger partial charge in [-0.25, -0.2) is 4.68 Å². The van der Waals surface area contributed by atoms with Gasteiger partial charge in [-0.2, -0.15) is 10.1 Å². The first-order chi connectivity index (χ1) is 14.8. The van der Waals surface area contributed by atoms with Gasteiger partial charge in [-0.05, 0) is 47.5 Å². The van der Waals surface area contributed by atoms with E-state index in [2.05, 4.69) is 54.5 Å². The number of hydrogen-bond acceptors (Lipinski definition) is 5. The summed E-state index contributed by atoms with van der Waals surface area (Å²) >= 11 is 3.54. The zero-order valence-corrected chi connectivity index (χ0v) is 17.3. The van der Waals surface area contributed by atoms with E-state index in [1.807, 2.05) is 47.1 Å². The Balaban J connectivity index is 1.63. The zero-order chi connectivity index (χ0) is 20.1. The second-order valence-electron chi connectivity index (χ2n) is 7.21. The molecule has 4 aromatic rings. The van der Waals surface area contributed by atoms with Crippen LogP contribution in [0, 0.1) is 0 Å². The lowest BCUT2D eigenvalue weighted by atomic mass is 9.85. The summed E-state index contributed by atoms with van der Waals surface area (Å²) in [6.45, 7) is 0. The number of halogens is 1. The molecule has 0 bridgehead atoms. The Morgan fingerprint density at radius 3 is 2.57 bits per heavy atom. The number of anilines is 1. The summed E-state index contributed by atoms with van der Waals surface area (Å²) in [5.74, 6) is 1.56. The molecule has 6 nitrogen and oxygen atoms in total. The molecule has 6 rings (SSSR count). The molecule has 146 valence electrons. The minimum Gasteiger partial charge on any atom is -0.480 e. The second kappa shape index (κ2) is 6.81. The van der Waals surface area contributed by atoms with Gasteiger partial charge in [0.15, 0.2) is 0 Å². The van der Waals surface area contributed by atoms with Gasteiger partial charge in [0.2, 0.25) is 5.95 Å². The van der Waals surface area contributed by atoms with E-state index in [9.17, 15) is 0 Å². The Labute approximate surface area is 181 Å². The second-order valence-corrected chi connectivity index (χ2v) is 8.13. The lowest BCUT2D eigenvalue weighted by molar-refractivity contribution is 0.223. The minimum atomic E-state index is -0.281. The molecule has 0 aliphatic carbocycles. The molecular weight excluding hydrogens is 442 g/mol. The summed E-state index contributed by atoms with van der Waals surface area (Å²) in [6.07, 6.45) is 4.90. The number of benzene rings is 2. The first-order valence-corrected chi connectivity index (χ1v) is 10.4. The minimum absolute atomic E-state index is 0.154. The Morgan fingerprint density at radius 2 is 1.73 bits per heavy atom. The molecule has 7 heteroatoms. The normalized spacial score (nSPS) is 19.2. The van der Waals surface area contributed by atoms with Gasteiger partial charge >= 0.3 is 0 Å². The zero-order valence-electron chi connectivity index (χ0n) is 15.7. The van der Waals surface area contributed by atoms with E-state index >= 15 is 0 Å². The van der Waals surface area contributed by atoms with Crippen molar-refractivity contribution in [2.45, 2.75) is 12.1 Å². The number of nitrogens with zero attached hydrogens (tertiary/aromatic N) is 4. The highest BCUT2D eigenvalue weighted by Gasteiger charge is 2.40. The van der Waals surface area contributed by atoms with Crippen LogP contribution in [0.3, 0.4) is 0 Å². The molecule has 0 radical (unpaired) electrons. The van der Waals surface area contributed by atoms with Crippen molar-refractivity contribution in [3.63, 3.8) is 0 Å². The molecule has 2 aliphatic rings. The van der Waals surface area contributed by atoms with Crippen molar-refractivity contribution in [1.82, 2.24) is 19.7 Å². The van der Waals surface area contributed by atoms with Crippen molar-refractivity contribution < 1.29 is 4.74 Å². The lowest BCUT2D eigenvalue weighted by Gasteiger charge is -2.38. The molecule has 2 aromatic carbocycles. The van der Waals surface area contributed by atoms with E-state index in [1.165, 1.54) is 0 Å². The largest absolute Gasteiger partial charge is 0.480 e. The molecule has 2 aliphatic heterocycles. The third-order valence-corrected chi connectivity index (χ3v) is 6.04. The summed E-state index contributed by atoms with van der Waals surface area (Å²) in [4.78, 5) is 8.64. The quantitative estimate of drug-likeness (QED) is 0.458. The fourth-order valence-corrected chi connectivity index (χ4v) is 4.46. The monoisotopic (exact) mass is 457 g/mol. The average Bonchev–Trinajstić information content (AvgIpc) is 3.27. The number of rotatable bonds is 2. The predicted molar refractivity (Wildman–Crippen MR) is 117 cm³/mol. The fourth-order valence-electron chi connectivity index (χ4n) is 4.20. The van der Waals surface area contributed by atoms with E-state index < -0.39 is 0 Å². The van der Waals surface area contributed by atoms with Crippen LogP contribution in [0.15, 0.2) is 89.4 Å². The number of para-hydroxylation sites is 1. The maximum absolute atomic E-state index is 6.56. The van der Waals surface area contributed by atoms with Crippen molar-refractivity contribution in [3.05, 3.63) is 106 Å². The Bertz CT molecular complexity index is 1270. The summed E-state index contributed by atoms with van der Waals surface area (Å²) in [6, 6.07) is 20.3. The highest BCUT2D eigenvalue weighted by Crippen LogP contribution is 2.50. The number of pyridine rings is 1. The number of fused-ring (bicyclic) bond motifs is 3. The highest BCUT2D eigenvalue weighted by molar-refractivity contribution is 9.10. The van der Waals surface area contributed by atoms with E-state index in [4.69, 9.17) is 4.74 Å². The predicted octanol–water partition coefficient (Wildman–Crippen LogP) is 5.00. The van der Waals surface area contributed by atoms with Crippen LogP contribution >= 0.6 is 15.9 Å². The standard InChI is InChI=1S/C23H16BrN5O/c24-16-7-5-14(6-8-16)21-19-20(28-23-26-13-27-29(21)23)17-3-1-2-4-18(17)30-22(19)15-9-11-25-12-10-15/h1-13,21-22H,(H,26,27,28)/t21-,22-/m0/s1. The number of nitrogens with one attached hydrogen (secondary N) is 1. The van der Waals surface area contributed by atoms with Gasteiger partial charge in [0.05, 0.1) is 5.70 Å². The van der Waals surface area contributed by atoms with Crippen LogP contribution < -0.4 is 10.1 Å². The van der Waals surface area contributed by atoms with Crippen molar-refractivity contribution >= 4 is 27.6 Å². The summed E-state index contributed by atoms with van der Waals surface area (Å²) in [7, 11) is 0. The maximum Gasteiger partial charge on any atom is 0.226 e. The molecule has 30 heavy (non-hydrogen) atoms. The van der Waals surface area contributed by atoms with Gasteiger partial charge in [-0.1, -0.05) is 40.2 Å². The van der Waals surface area contributed by atoms with Gasteiger partial charge in [0.1, 0.15) is 24.2 Å². The topological polar surface area (TPSA) is 64.9 Å². The van der Waals surface area contributed by atoms with E-state index in [0.29, 0.717) is 5.95 Å². The number of aromatic nitrogens is 4. The molecule has 2 aromatic heterocycles. The maximum atomic E-state index is 6.56. The smallest absolute Gasteiger partial charge is 0.226 e. The fraction of sp³-hybridized carbons (Fsp3) is 0.0870. The summed E-state index contributed by atoms with van der Waals surface area (Å²) in [5.41, 5.74) is 5.29. The van der Waals surface area contributed by atoms with Gasteiger partial charge in [-0.3, -0.25) is 4.98 Å². The van der Waals surface area contributed by atoms with Crippen molar-refractivity contribution in [2.24, 2.45) is 0 Å². The van der Waals surface area contributed by atoms with Gasteiger partial charge in [0, 0.05) is 28.0 Å². The van der Waals surface area contributed by atoms with Crippen LogP contribution in [-0.4, -0.2) is 19.7 Å². The summed E-state index contributed by atoms with van der Waals surface area (Å²) < 4.78 is 9.51. The Morgan fingerprint density at radius 1 is 0.933 bits per heavy atom. The van der Waals surface area contributed by atoms with Crippen LogP contribution in [-0.2, 0) is 0 Å². The first-order valence-electron chi connectivity index (χ1n) is 9.61. The van der Waals surface area contributed by atoms with Crippen molar-refractivity contribution in [2.75, 3.05) is 5.32 Å². The SMILES string of the molecule is Brc1ccc([C@H]2C3=C(Nc4ncnn42)c2ccccc2O[C@H]3c2ccncc2)cc1. The third kappa shape index (κ3) is 2.66. The Kier molecular flexibility index (Phi) is 3.95. The molecule has 0 fully saturated rings. The number of ether oxygens (including phenoxy) is 1. The van der Waals surface area contributed by atoms with Crippen LogP contribution in [0.5, 0.6) is 5.75 Å². The average molecular weight is 458 g/mol. The van der Waals surface area contributed by atoms with E-state index in [0.717, 1.165) is 38.2 Å². The number of hydrogen-bond donors (Lipinski definition) is 1. The van der Waals surface area contributed by atoms with Crippen molar-refractivity contribution in [1.29, 1.82) is 0 Å². The van der Waals surface area contributed by atoms with Crippen LogP contribution in [0.2, 0.25) is 0 Å². The molecule has 0 saturated carbocycles. The highest BCUT2D eigenvalue weighted by atomic mass is 79.9. The summed E-state index contributed by atoms with van der Waals surface area (Å²) in [5, 5.41) is 8.05. The van der Waals surface area contributed by atoms with E-state index in [1.54, 1.807) is 18.7 Å². The Hall–Kier alpha value is -3.45. The van der Waals surface area contributed by atoms with Crippen LogP contribution in [0.25, 0.3) is 5.70 Å². The van der Waals surface area contributed by atoms with Crippen molar-refractivity contribution in [3.8, 4) is 5.75 Å². The van der Waals surface area contributed by atoms with Gasteiger partial charge < -0.3 is 10.1 Å². The molecule has 0 amide bonds. The molecule has 0 saturated heterocycles. The first kappa shape index (κ1) is 17.4. The molecule has 0 unspecified atom stereocenters. The van der Waals surface area contributed by atoms with Crippen LogP contribution in [0.4, 0.5) is 5.95 Å². The molecule has 0 spiro atoms. The molecule has 4 heterocycles. The van der Waals surface area contributed by atoms with Gasteiger partial charge in [0.25, 0.3) is 0 Å². The molecule has 1 N–H and O–H groups in total. The van der Waals surface area contributed by atoms with Crippen LogP contribution in [0.1, 0.15) is 28.8 Å². The molecular formula is C23H16BrN5O.